The number of rotatable bonds is 2. The zero-order valence-electron chi connectivity index (χ0n) is 8.30. The molecular formula is C10H13NO4. The molecular weight excluding hydrogens is 198 g/mol. The van der Waals surface area contributed by atoms with Gasteiger partial charge in [0.15, 0.2) is 0 Å². The molecule has 0 aromatic rings. The van der Waals surface area contributed by atoms with Crippen molar-refractivity contribution >= 4 is 11.9 Å². The third-order valence-electron chi connectivity index (χ3n) is 2.45. The van der Waals surface area contributed by atoms with Crippen LogP contribution >= 0.6 is 0 Å². The van der Waals surface area contributed by atoms with Gasteiger partial charge < -0.3 is 15.5 Å². The second kappa shape index (κ2) is 4.27. The average molecular weight is 211 g/mol. The van der Waals surface area contributed by atoms with Crippen molar-refractivity contribution in [3.05, 3.63) is 24.3 Å². The number of allylic oxidation sites excluding steroid dienone is 2. The van der Waals surface area contributed by atoms with Crippen molar-refractivity contribution in [2.45, 2.75) is 25.0 Å². The predicted octanol–water partition coefficient (Wildman–Crippen LogP) is -0.177. The van der Waals surface area contributed by atoms with Crippen molar-refractivity contribution in [3.8, 4) is 0 Å². The van der Waals surface area contributed by atoms with Crippen LogP contribution in [0.2, 0.25) is 0 Å². The van der Waals surface area contributed by atoms with Gasteiger partial charge in [0.05, 0.1) is 11.6 Å². The van der Waals surface area contributed by atoms with Crippen LogP contribution in [-0.2, 0) is 9.59 Å². The lowest BCUT2D eigenvalue weighted by molar-refractivity contribution is -0.151. The molecule has 0 fully saturated rings. The number of amides is 1. The van der Waals surface area contributed by atoms with Crippen molar-refractivity contribution in [3.63, 3.8) is 0 Å². The highest BCUT2D eigenvalue weighted by atomic mass is 16.4. The number of aliphatic hydroxyl groups excluding tert-OH is 1. The van der Waals surface area contributed by atoms with E-state index in [1.54, 1.807) is 25.2 Å². The Bertz CT molecular complexity index is 334. The first kappa shape index (κ1) is 11.5. The maximum atomic E-state index is 11.0. The zero-order valence-corrected chi connectivity index (χ0v) is 8.30. The quantitative estimate of drug-likeness (QED) is 0.553. The monoisotopic (exact) mass is 211 g/mol. The number of aliphatic hydroxyl groups is 1. The third kappa shape index (κ3) is 2.24. The van der Waals surface area contributed by atoms with E-state index in [1.807, 2.05) is 0 Å². The molecule has 15 heavy (non-hydrogen) atoms. The summed E-state index contributed by atoms with van der Waals surface area (Å²) in [5.74, 6) is -2.67. The van der Waals surface area contributed by atoms with Gasteiger partial charge in [-0.05, 0) is 6.42 Å². The topological polar surface area (TPSA) is 86.6 Å². The molecule has 5 heteroatoms. The highest BCUT2D eigenvalue weighted by Gasteiger charge is 2.36. The standard InChI is InChI=1S/C10H13NO4/c1-2-10(11-8(13)9(14)15)6-4-3-5-7(10)12/h3-7,12H,2H2,1H3,(H,11,13)(H,14,15). The van der Waals surface area contributed by atoms with Crippen LogP contribution in [0.15, 0.2) is 24.3 Å². The molecule has 1 aliphatic rings. The molecule has 3 N–H and O–H groups in total. The fourth-order valence-corrected chi connectivity index (χ4v) is 1.46. The van der Waals surface area contributed by atoms with E-state index in [9.17, 15) is 14.7 Å². The van der Waals surface area contributed by atoms with E-state index in [0.29, 0.717) is 6.42 Å². The smallest absolute Gasteiger partial charge is 0.394 e. The van der Waals surface area contributed by atoms with E-state index in [0.717, 1.165) is 0 Å². The molecule has 0 radical (unpaired) electrons. The number of carboxylic acid groups (broad SMARTS) is 1. The van der Waals surface area contributed by atoms with E-state index >= 15 is 0 Å². The van der Waals surface area contributed by atoms with E-state index in [-0.39, 0.29) is 0 Å². The average Bonchev–Trinajstić information content (AvgIpc) is 2.21. The van der Waals surface area contributed by atoms with Gasteiger partial charge in [-0.1, -0.05) is 31.2 Å². The summed E-state index contributed by atoms with van der Waals surface area (Å²) in [6.07, 6.45) is 5.91. The highest BCUT2D eigenvalue weighted by molar-refractivity contribution is 6.31. The van der Waals surface area contributed by atoms with Crippen LogP contribution in [0.25, 0.3) is 0 Å². The lowest BCUT2D eigenvalue weighted by Gasteiger charge is -2.34. The van der Waals surface area contributed by atoms with Crippen LogP contribution < -0.4 is 5.32 Å². The van der Waals surface area contributed by atoms with E-state index in [2.05, 4.69) is 5.32 Å². The number of aliphatic carboxylic acids is 1. The first-order valence-corrected chi connectivity index (χ1v) is 4.61. The number of carbonyl (C=O) groups excluding carboxylic acids is 1. The molecule has 5 nitrogen and oxygen atoms in total. The zero-order chi connectivity index (χ0) is 11.5. The second-order valence-corrected chi connectivity index (χ2v) is 3.34. The van der Waals surface area contributed by atoms with Gasteiger partial charge in [-0.2, -0.15) is 0 Å². The normalized spacial score (nSPS) is 28.8. The molecule has 2 unspecified atom stereocenters. The minimum atomic E-state index is -1.56. The summed E-state index contributed by atoms with van der Waals surface area (Å²) in [7, 11) is 0. The number of hydrogen-bond donors (Lipinski definition) is 3. The van der Waals surface area contributed by atoms with Crippen LogP contribution in [-0.4, -0.2) is 33.7 Å². The first-order valence-electron chi connectivity index (χ1n) is 4.61. The molecule has 0 aromatic carbocycles. The van der Waals surface area contributed by atoms with Crippen molar-refractivity contribution in [2.24, 2.45) is 0 Å². The Morgan fingerprint density at radius 2 is 2.13 bits per heavy atom. The van der Waals surface area contributed by atoms with Gasteiger partial charge in [-0.3, -0.25) is 4.79 Å². The first-order chi connectivity index (χ1) is 7.02. The summed E-state index contributed by atoms with van der Waals surface area (Å²) in [5.41, 5.74) is -1.01. The molecule has 0 saturated carbocycles. The summed E-state index contributed by atoms with van der Waals surface area (Å²) in [5, 5.41) is 20.5. The number of carbonyl (C=O) groups is 2. The summed E-state index contributed by atoms with van der Waals surface area (Å²) < 4.78 is 0. The molecule has 0 aliphatic heterocycles. The minimum absolute atomic E-state index is 0.411. The molecule has 0 aromatic heterocycles. The molecule has 1 aliphatic carbocycles. The van der Waals surface area contributed by atoms with Crippen molar-refractivity contribution in [1.82, 2.24) is 5.32 Å². The molecule has 0 heterocycles. The fourth-order valence-electron chi connectivity index (χ4n) is 1.46. The van der Waals surface area contributed by atoms with Gasteiger partial charge >= 0.3 is 11.9 Å². The number of carboxylic acids is 1. The maximum Gasteiger partial charge on any atom is 0.394 e. The van der Waals surface area contributed by atoms with Gasteiger partial charge in [0.1, 0.15) is 0 Å². The van der Waals surface area contributed by atoms with Gasteiger partial charge in [0.25, 0.3) is 0 Å². The SMILES string of the molecule is CCC1(NC(=O)C(=O)O)C=CC=CC1O. The fraction of sp³-hybridized carbons (Fsp3) is 0.400. The molecule has 82 valence electrons. The van der Waals surface area contributed by atoms with Crippen LogP contribution in [0.1, 0.15) is 13.3 Å². The Hall–Kier alpha value is -1.62. The van der Waals surface area contributed by atoms with Gasteiger partial charge in [-0.15, -0.1) is 0 Å². The second-order valence-electron chi connectivity index (χ2n) is 3.34. The van der Waals surface area contributed by atoms with Crippen LogP contribution in [0.4, 0.5) is 0 Å². The Labute approximate surface area is 87.1 Å². The largest absolute Gasteiger partial charge is 0.474 e. The van der Waals surface area contributed by atoms with Crippen LogP contribution in [0.5, 0.6) is 0 Å². The van der Waals surface area contributed by atoms with Gasteiger partial charge in [0.2, 0.25) is 0 Å². The lowest BCUT2D eigenvalue weighted by Crippen LogP contribution is -2.56. The molecule has 1 amide bonds. The number of hydrogen-bond acceptors (Lipinski definition) is 3. The van der Waals surface area contributed by atoms with Crippen molar-refractivity contribution in [1.29, 1.82) is 0 Å². The van der Waals surface area contributed by atoms with E-state index in [4.69, 9.17) is 5.11 Å². The van der Waals surface area contributed by atoms with Gasteiger partial charge in [0, 0.05) is 0 Å². The third-order valence-corrected chi connectivity index (χ3v) is 2.45. The van der Waals surface area contributed by atoms with Crippen molar-refractivity contribution < 1.29 is 19.8 Å². The Balaban J connectivity index is 2.86. The predicted molar refractivity (Wildman–Crippen MR) is 53.1 cm³/mol. The maximum absolute atomic E-state index is 11.0. The Morgan fingerprint density at radius 1 is 1.47 bits per heavy atom. The Kier molecular flexibility index (Phi) is 3.26. The van der Waals surface area contributed by atoms with E-state index < -0.39 is 23.5 Å². The minimum Gasteiger partial charge on any atom is -0.474 e. The molecule has 0 saturated heterocycles. The Morgan fingerprint density at radius 3 is 2.60 bits per heavy atom. The summed E-state index contributed by atoms with van der Waals surface area (Å²) in [4.78, 5) is 21.4. The summed E-state index contributed by atoms with van der Waals surface area (Å²) in [6, 6.07) is 0. The number of nitrogens with one attached hydrogen (secondary N) is 1. The van der Waals surface area contributed by atoms with E-state index in [1.165, 1.54) is 6.08 Å². The molecule has 0 bridgehead atoms. The molecule has 1 rings (SSSR count). The summed E-state index contributed by atoms with van der Waals surface area (Å²) >= 11 is 0. The molecule has 0 spiro atoms. The highest BCUT2D eigenvalue weighted by Crippen LogP contribution is 2.22. The van der Waals surface area contributed by atoms with Crippen LogP contribution in [0, 0.1) is 0 Å². The molecule has 2 atom stereocenters. The lowest BCUT2D eigenvalue weighted by atomic mass is 9.85. The summed E-state index contributed by atoms with van der Waals surface area (Å²) in [6.45, 7) is 1.76. The van der Waals surface area contributed by atoms with Crippen LogP contribution in [0.3, 0.4) is 0 Å². The van der Waals surface area contributed by atoms with Crippen molar-refractivity contribution in [2.75, 3.05) is 0 Å². The van der Waals surface area contributed by atoms with Gasteiger partial charge in [-0.25, -0.2) is 4.79 Å².